The van der Waals surface area contributed by atoms with Crippen LogP contribution in [0.5, 0.6) is 0 Å². The lowest BCUT2D eigenvalue weighted by molar-refractivity contribution is -0.137. The van der Waals surface area contributed by atoms with Crippen molar-refractivity contribution in [3.8, 4) is 12.3 Å². The van der Waals surface area contributed by atoms with Crippen molar-refractivity contribution >= 4 is 28.6 Å². The third kappa shape index (κ3) is 3.92. The van der Waals surface area contributed by atoms with Crippen LogP contribution in [-0.2, 0) is 11.2 Å². The molecule has 0 aliphatic carbocycles. The maximum atomic E-state index is 10.5. The van der Waals surface area contributed by atoms with E-state index in [4.69, 9.17) is 11.5 Å². The quantitative estimate of drug-likeness (QED) is 0.685. The van der Waals surface area contributed by atoms with Crippen molar-refractivity contribution in [3.05, 3.63) is 33.4 Å². The number of rotatable bonds is 4. The molecule has 3 heteroatoms. The van der Waals surface area contributed by atoms with Gasteiger partial charge in [0, 0.05) is 9.49 Å². The number of benzene rings is 1. The molecule has 0 amide bonds. The summed E-state index contributed by atoms with van der Waals surface area (Å²) in [6.07, 6.45) is 5.96. The summed E-state index contributed by atoms with van der Waals surface area (Å²) >= 11 is 2.23. The summed E-state index contributed by atoms with van der Waals surface area (Å²) in [6, 6.07) is 7.86. The molecule has 0 heterocycles. The van der Waals surface area contributed by atoms with Gasteiger partial charge in [0.25, 0.3) is 0 Å². The van der Waals surface area contributed by atoms with Crippen LogP contribution in [0.4, 0.5) is 0 Å². The minimum Gasteiger partial charge on any atom is -0.481 e. The van der Waals surface area contributed by atoms with Gasteiger partial charge in [-0.05, 0) is 40.6 Å². The van der Waals surface area contributed by atoms with Crippen molar-refractivity contribution in [1.82, 2.24) is 0 Å². The van der Waals surface area contributed by atoms with E-state index >= 15 is 0 Å². The summed E-state index contributed by atoms with van der Waals surface area (Å²) in [6.45, 7) is 0. The number of carboxylic acid groups (broad SMARTS) is 1. The molecule has 2 nitrogen and oxygen atoms in total. The normalized spacial score (nSPS) is 11.7. The second kappa shape index (κ2) is 5.76. The van der Waals surface area contributed by atoms with Gasteiger partial charge in [-0.2, -0.15) is 0 Å². The Morgan fingerprint density at radius 3 is 2.73 bits per heavy atom. The average molecular weight is 314 g/mol. The lowest BCUT2D eigenvalue weighted by Crippen LogP contribution is -2.09. The first kappa shape index (κ1) is 12.1. The summed E-state index contributed by atoms with van der Waals surface area (Å²) in [7, 11) is 0. The Balaban J connectivity index is 2.72. The van der Waals surface area contributed by atoms with E-state index in [0.29, 0.717) is 6.42 Å². The molecule has 0 bridgehead atoms. The van der Waals surface area contributed by atoms with E-state index in [2.05, 4.69) is 28.5 Å². The molecule has 1 unspecified atom stereocenters. The monoisotopic (exact) mass is 314 g/mol. The fraction of sp³-hybridized carbons (Fsp3) is 0.250. The van der Waals surface area contributed by atoms with E-state index in [1.165, 1.54) is 0 Å². The highest BCUT2D eigenvalue weighted by Gasteiger charge is 2.12. The third-order valence-corrected chi connectivity index (χ3v) is 3.13. The van der Waals surface area contributed by atoms with Crippen molar-refractivity contribution in [3.63, 3.8) is 0 Å². The Morgan fingerprint density at radius 1 is 1.53 bits per heavy atom. The molecule has 15 heavy (non-hydrogen) atoms. The molecule has 0 saturated heterocycles. The number of terminal acetylenes is 1. The van der Waals surface area contributed by atoms with Crippen LogP contribution in [0, 0.1) is 21.8 Å². The first-order valence-corrected chi connectivity index (χ1v) is 5.62. The van der Waals surface area contributed by atoms with Crippen molar-refractivity contribution in [2.75, 3.05) is 0 Å². The van der Waals surface area contributed by atoms with Crippen LogP contribution in [-0.4, -0.2) is 11.1 Å². The minimum absolute atomic E-state index is 0.0292. The summed E-state index contributed by atoms with van der Waals surface area (Å²) in [4.78, 5) is 10.5. The van der Waals surface area contributed by atoms with E-state index in [1.807, 2.05) is 24.3 Å². The van der Waals surface area contributed by atoms with Crippen LogP contribution < -0.4 is 0 Å². The minimum atomic E-state index is -0.844. The van der Waals surface area contributed by atoms with Crippen LogP contribution in [0.25, 0.3) is 0 Å². The number of halogens is 1. The Labute approximate surface area is 103 Å². The van der Waals surface area contributed by atoms with Crippen molar-refractivity contribution in [2.24, 2.45) is 5.92 Å². The second-order valence-electron chi connectivity index (χ2n) is 3.26. The standard InChI is InChI=1S/C12H11IO2/c1-2-9(8-12(14)15)7-10-5-3-4-6-11(10)13/h1,3-6,9H,7-8H2,(H,14,15). The predicted octanol–water partition coefficient (Wildman–Crippen LogP) is 2.56. The molecular formula is C12H11IO2. The van der Waals surface area contributed by atoms with E-state index < -0.39 is 5.97 Å². The predicted molar refractivity (Wildman–Crippen MR) is 67.4 cm³/mol. The van der Waals surface area contributed by atoms with Gasteiger partial charge in [0.05, 0.1) is 6.42 Å². The van der Waals surface area contributed by atoms with Gasteiger partial charge in [-0.25, -0.2) is 0 Å². The van der Waals surface area contributed by atoms with Crippen LogP contribution in [0.1, 0.15) is 12.0 Å². The first-order chi connectivity index (χ1) is 7.13. The van der Waals surface area contributed by atoms with Crippen molar-refractivity contribution in [1.29, 1.82) is 0 Å². The molecule has 0 saturated carbocycles. The Hall–Kier alpha value is -1.02. The molecule has 78 valence electrons. The number of hydrogen-bond acceptors (Lipinski definition) is 1. The van der Waals surface area contributed by atoms with Crippen LogP contribution in [0.2, 0.25) is 0 Å². The molecule has 0 aliphatic rings. The molecule has 0 aromatic heterocycles. The van der Waals surface area contributed by atoms with Gasteiger partial charge >= 0.3 is 5.97 Å². The summed E-state index contributed by atoms with van der Waals surface area (Å²) < 4.78 is 1.13. The molecule has 1 atom stereocenters. The molecule has 0 fully saturated rings. The maximum Gasteiger partial charge on any atom is 0.304 e. The zero-order chi connectivity index (χ0) is 11.3. The largest absolute Gasteiger partial charge is 0.481 e. The fourth-order valence-electron chi connectivity index (χ4n) is 1.33. The third-order valence-electron chi connectivity index (χ3n) is 2.08. The molecule has 1 N–H and O–H groups in total. The van der Waals surface area contributed by atoms with Gasteiger partial charge in [-0.15, -0.1) is 12.3 Å². The second-order valence-corrected chi connectivity index (χ2v) is 4.42. The van der Waals surface area contributed by atoms with Gasteiger partial charge in [0.15, 0.2) is 0 Å². The average Bonchev–Trinajstić information content (AvgIpc) is 2.19. The number of hydrogen-bond donors (Lipinski definition) is 1. The van der Waals surface area contributed by atoms with Crippen molar-refractivity contribution in [2.45, 2.75) is 12.8 Å². The SMILES string of the molecule is C#CC(CC(=O)O)Cc1ccccc1I. The fourth-order valence-corrected chi connectivity index (χ4v) is 1.94. The zero-order valence-electron chi connectivity index (χ0n) is 8.11. The first-order valence-electron chi connectivity index (χ1n) is 4.55. The summed E-state index contributed by atoms with van der Waals surface area (Å²) in [5.41, 5.74) is 1.11. The van der Waals surface area contributed by atoms with E-state index in [1.54, 1.807) is 0 Å². The van der Waals surface area contributed by atoms with E-state index in [0.717, 1.165) is 9.13 Å². The lowest BCUT2D eigenvalue weighted by Gasteiger charge is -2.09. The van der Waals surface area contributed by atoms with Crippen LogP contribution >= 0.6 is 22.6 Å². The molecule has 0 spiro atoms. The van der Waals surface area contributed by atoms with Gasteiger partial charge in [-0.3, -0.25) is 4.79 Å². The molecule has 1 aromatic carbocycles. The van der Waals surface area contributed by atoms with Crippen molar-refractivity contribution < 1.29 is 9.90 Å². The molecule has 0 aliphatic heterocycles. The van der Waals surface area contributed by atoms with Crippen LogP contribution in [0.15, 0.2) is 24.3 Å². The van der Waals surface area contributed by atoms with Crippen LogP contribution in [0.3, 0.4) is 0 Å². The Bertz CT molecular complexity index is 393. The highest BCUT2D eigenvalue weighted by Crippen LogP contribution is 2.17. The Kier molecular flexibility index (Phi) is 4.63. The molecule has 0 radical (unpaired) electrons. The Morgan fingerprint density at radius 2 is 2.20 bits per heavy atom. The number of carbonyl (C=O) groups is 1. The zero-order valence-corrected chi connectivity index (χ0v) is 10.3. The van der Waals surface area contributed by atoms with Gasteiger partial charge in [0.2, 0.25) is 0 Å². The highest BCUT2D eigenvalue weighted by atomic mass is 127. The molecule has 1 rings (SSSR count). The lowest BCUT2D eigenvalue weighted by atomic mass is 9.97. The summed E-state index contributed by atoms with van der Waals surface area (Å²) in [5, 5.41) is 8.66. The highest BCUT2D eigenvalue weighted by molar-refractivity contribution is 14.1. The molecular weight excluding hydrogens is 303 g/mol. The maximum absolute atomic E-state index is 10.5. The number of aliphatic carboxylic acids is 1. The van der Waals surface area contributed by atoms with E-state index in [-0.39, 0.29) is 12.3 Å². The van der Waals surface area contributed by atoms with E-state index in [9.17, 15) is 4.79 Å². The summed E-state index contributed by atoms with van der Waals surface area (Å²) in [5.74, 6) is 1.46. The number of carboxylic acids is 1. The van der Waals surface area contributed by atoms with Gasteiger partial charge in [0.1, 0.15) is 0 Å². The topological polar surface area (TPSA) is 37.3 Å². The smallest absolute Gasteiger partial charge is 0.304 e. The molecule has 1 aromatic rings. The van der Waals surface area contributed by atoms with Gasteiger partial charge < -0.3 is 5.11 Å². The van der Waals surface area contributed by atoms with Gasteiger partial charge in [-0.1, -0.05) is 18.2 Å².